The lowest BCUT2D eigenvalue weighted by Gasteiger charge is -2.10. The Bertz CT molecular complexity index is 869. The van der Waals surface area contributed by atoms with E-state index >= 15 is 0 Å². The van der Waals surface area contributed by atoms with Gasteiger partial charge in [0.15, 0.2) is 16.5 Å². The molecule has 1 aliphatic rings. The number of rotatable bonds is 3. The minimum Gasteiger partial charge on any atom is -0.380 e. The summed E-state index contributed by atoms with van der Waals surface area (Å²) in [5.74, 6) is -0.961. The zero-order valence-electron chi connectivity index (χ0n) is 13.1. The van der Waals surface area contributed by atoms with E-state index in [2.05, 4.69) is 10.5 Å². The maximum absolute atomic E-state index is 12.4. The second-order valence-corrected chi connectivity index (χ2v) is 7.27. The van der Waals surface area contributed by atoms with Crippen LogP contribution in [-0.4, -0.2) is 26.0 Å². The average molecular weight is 350 g/mol. The van der Waals surface area contributed by atoms with Crippen molar-refractivity contribution in [2.75, 3.05) is 12.3 Å². The molecule has 0 saturated heterocycles. The summed E-state index contributed by atoms with van der Waals surface area (Å²) < 4.78 is 31.4. The van der Waals surface area contributed by atoms with Crippen LogP contribution in [0.15, 0.2) is 27.6 Å². The molecule has 0 unspecified atom stereocenters. The van der Waals surface area contributed by atoms with Crippen molar-refractivity contribution < 1.29 is 17.7 Å². The first-order valence-corrected chi connectivity index (χ1v) is 8.98. The van der Waals surface area contributed by atoms with Gasteiger partial charge in [0, 0.05) is 12.1 Å². The molecule has 24 heavy (non-hydrogen) atoms. The number of aryl methyl sites for hydroxylation is 2. The van der Waals surface area contributed by atoms with E-state index in [0.717, 1.165) is 37.1 Å². The number of nitrogens with one attached hydrogen (secondary N) is 2. The molecule has 3 rings (SSSR count). The molecule has 0 atom stereocenters. The Kier molecular flexibility index (Phi) is 4.29. The van der Waals surface area contributed by atoms with Crippen LogP contribution in [0, 0.1) is 6.92 Å². The first-order valence-electron chi connectivity index (χ1n) is 7.50. The van der Waals surface area contributed by atoms with Crippen LogP contribution in [0.2, 0.25) is 0 Å². The van der Waals surface area contributed by atoms with E-state index in [1.807, 2.05) is 10.8 Å². The smallest absolute Gasteiger partial charge is 0.271 e. The molecule has 0 spiro atoms. The van der Waals surface area contributed by atoms with E-state index < -0.39 is 15.9 Å². The highest BCUT2D eigenvalue weighted by Gasteiger charge is 2.27. The molecule has 1 aromatic heterocycles. The van der Waals surface area contributed by atoms with Crippen LogP contribution in [-0.2, 0) is 23.0 Å². The number of hydrogen-bond donors (Lipinski definition) is 3. The molecular weight excluding hydrogens is 332 g/mol. The van der Waals surface area contributed by atoms with Crippen molar-refractivity contribution in [3.63, 3.8) is 0 Å². The van der Waals surface area contributed by atoms with Gasteiger partial charge in [-0.25, -0.2) is 13.1 Å². The molecule has 1 amide bonds. The molecular formula is C15H18N4O4S. The van der Waals surface area contributed by atoms with Gasteiger partial charge in [-0.15, -0.1) is 0 Å². The first kappa shape index (κ1) is 16.5. The number of carbonyl (C=O) groups excluding carboxylic acids is 1. The fourth-order valence-electron chi connectivity index (χ4n) is 2.74. The summed E-state index contributed by atoms with van der Waals surface area (Å²) in [5, 5.41) is 6.69. The highest BCUT2D eigenvalue weighted by Crippen LogP contribution is 2.22. The third-order valence-corrected chi connectivity index (χ3v) is 5.40. The SMILES string of the molecule is Cc1onc(N)c1S(=O)(=O)NC(=O)c1ccc2c(c1)CCCNC2. The van der Waals surface area contributed by atoms with Crippen molar-refractivity contribution in [1.29, 1.82) is 0 Å². The van der Waals surface area contributed by atoms with Gasteiger partial charge in [-0.1, -0.05) is 11.2 Å². The molecule has 128 valence electrons. The number of nitrogens with two attached hydrogens (primary N) is 1. The van der Waals surface area contributed by atoms with Crippen molar-refractivity contribution in [2.24, 2.45) is 0 Å². The average Bonchev–Trinajstić information content (AvgIpc) is 2.73. The summed E-state index contributed by atoms with van der Waals surface area (Å²) in [4.78, 5) is 12.0. The Labute approximate surface area is 139 Å². The molecule has 0 aliphatic carbocycles. The lowest BCUT2D eigenvalue weighted by molar-refractivity contribution is 0.0981. The van der Waals surface area contributed by atoms with Gasteiger partial charge in [-0.05, 0) is 49.6 Å². The van der Waals surface area contributed by atoms with E-state index in [-0.39, 0.29) is 22.0 Å². The van der Waals surface area contributed by atoms with Crippen LogP contribution in [0.3, 0.4) is 0 Å². The minimum absolute atomic E-state index is 0.0285. The third-order valence-electron chi connectivity index (χ3n) is 3.91. The largest absolute Gasteiger partial charge is 0.380 e. The molecule has 1 aromatic carbocycles. The zero-order valence-corrected chi connectivity index (χ0v) is 13.9. The van der Waals surface area contributed by atoms with Gasteiger partial charge in [0.05, 0.1) is 0 Å². The number of anilines is 1. The number of amides is 1. The van der Waals surface area contributed by atoms with Crippen molar-refractivity contribution in [3.05, 3.63) is 40.6 Å². The maximum atomic E-state index is 12.4. The summed E-state index contributed by atoms with van der Waals surface area (Å²) in [5.41, 5.74) is 7.96. The van der Waals surface area contributed by atoms with E-state index in [0.29, 0.717) is 0 Å². The summed E-state index contributed by atoms with van der Waals surface area (Å²) in [6.07, 6.45) is 1.81. The number of sulfonamides is 1. The lowest BCUT2D eigenvalue weighted by atomic mass is 10.0. The second kappa shape index (κ2) is 6.25. The summed E-state index contributed by atoms with van der Waals surface area (Å²) >= 11 is 0. The third kappa shape index (κ3) is 3.13. The van der Waals surface area contributed by atoms with E-state index in [1.165, 1.54) is 6.92 Å². The quantitative estimate of drug-likeness (QED) is 0.744. The maximum Gasteiger partial charge on any atom is 0.271 e. The Morgan fingerprint density at radius 3 is 2.88 bits per heavy atom. The van der Waals surface area contributed by atoms with Gasteiger partial charge in [-0.2, -0.15) is 0 Å². The molecule has 0 radical (unpaired) electrons. The minimum atomic E-state index is -4.15. The predicted octanol–water partition coefficient (Wildman–Crippen LogP) is 0.720. The Hall–Kier alpha value is -2.39. The van der Waals surface area contributed by atoms with Gasteiger partial charge in [0.2, 0.25) is 0 Å². The van der Waals surface area contributed by atoms with E-state index in [1.54, 1.807) is 12.1 Å². The number of carbonyl (C=O) groups is 1. The molecule has 0 bridgehead atoms. The van der Waals surface area contributed by atoms with Crippen molar-refractivity contribution in [3.8, 4) is 0 Å². The molecule has 4 N–H and O–H groups in total. The summed E-state index contributed by atoms with van der Waals surface area (Å²) in [6.45, 7) is 3.07. The zero-order chi connectivity index (χ0) is 17.3. The Morgan fingerprint density at radius 1 is 1.38 bits per heavy atom. The van der Waals surface area contributed by atoms with Gasteiger partial charge in [0.25, 0.3) is 15.9 Å². The monoisotopic (exact) mass is 350 g/mol. The summed E-state index contributed by atoms with van der Waals surface area (Å²) in [6, 6.07) is 5.19. The standard InChI is InChI=1S/C15H18N4O4S/c1-9-13(14(16)18-23-9)24(21,22)19-15(20)11-4-5-12-8-17-6-2-3-10(12)7-11/h4-5,7,17H,2-3,6,8H2,1H3,(H2,16,18)(H,19,20). The summed E-state index contributed by atoms with van der Waals surface area (Å²) in [7, 11) is -4.15. The molecule has 0 fully saturated rings. The molecule has 9 heteroatoms. The predicted molar refractivity (Wildman–Crippen MR) is 86.8 cm³/mol. The van der Waals surface area contributed by atoms with E-state index in [4.69, 9.17) is 10.3 Å². The van der Waals surface area contributed by atoms with Crippen LogP contribution < -0.4 is 15.8 Å². The normalized spacial score (nSPS) is 14.7. The van der Waals surface area contributed by atoms with Crippen LogP contribution >= 0.6 is 0 Å². The number of fused-ring (bicyclic) bond motifs is 1. The van der Waals surface area contributed by atoms with Gasteiger partial charge in [-0.3, -0.25) is 4.79 Å². The molecule has 2 aromatic rings. The van der Waals surface area contributed by atoms with Crippen LogP contribution in [0.1, 0.15) is 33.7 Å². The lowest BCUT2D eigenvalue weighted by Crippen LogP contribution is -2.31. The Balaban J connectivity index is 1.86. The van der Waals surface area contributed by atoms with Gasteiger partial charge >= 0.3 is 0 Å². The van der Waals surface area contributed by atoms with Crippen LogP contribution in [0.4, 0.5) is 5.82 Å². The molecule has 0 saturated carbocycles. The topological polar surface area (TPSA) is 127 Å². The van der Waals surface area contributed by atoms with Crippen LogP contribution in [0.5, 0.6) is 0 Å². The number of hydrogen-bond acceptors (Lipinski definition) is 7. The fraction of sp³-hybridized carbons (Fsp3) is 0.333. The fourth-order valence-corrected chi connectivity index (χ4v) is 3.93. The van der Waals surface area contributed by atoms with Crippen molar-refractivity contribution in [1.82, 2.24) is 15.2 Å². The molecule has 8 nitrogen and oxygen atoms in total. The number of nitrogens with zero attached hydrogens (tertiary/aromatic N) is 1. The number of nitrogen functional groups attached to an aromatic ring is 1. The van der Waals surface area contributed by atoms with Gasteiger partial charge in [0.1, 0.15) is 0 Å². The number of aromatic nitrogens is 1. The van der Waals surface area contributed by atoms with Crippen molar-refractivity contribution in [2.45, 2.75) is 31.2 Å². The van der Waals surface area contributed by atoms with Crippen LogP contribution in [0.25, 0.3) is 0 Å². The Morgan fingerprint density at radius 2 is 2.17 bits per heavy atom. The highest BCUT2D eigenvalue weighted by molar-refractivity contribution is 7.90. The first-order chi connectivity index (χ1) is 11.4. The van der Waals surface area contributed by atoms with Gasteiger partial charge < -0.3 is 15.6 Å². The molecule has 2 heterocycles. The second-order valence-electron chi connectivity index (χ2n) is 5.65. The number of benzene rings is 1. The molecule has 1 aliphatic heterocycles. The van der Waals surface area contributed by atoms with Crippen molar-refractivity contribution >= 4 is 21.7 Å². The highest BCUT2D eigenvalue weighted by atomic mass is 32.2. The van der Waals surface area contributed by atoms with E-state index in [9.17, 15) is 13.2 Å².